The smallest absolute Gasteiger partial charge is 0.180 e. The van der Waals surface area contributed by atoms with Crippen molar-refractivity contribution in [2.45, 2.75) is 20.3 Å². The van der Waals surface area contributed by atoms with Gasteiger partial charge in [-0.15, -0.1) is 0 Å². The van der Waals surface area contributed by atoms with Crippen LogP contribution in [0.4, 0.5) is 10.2 Å². The number of anilines is 1. The van der Waals surface area contributed by atoms with Crippen molar-refractivity contribution in [3.8, 4) is 11.5 Å². The molecular weight excluding hydrogens is 219 g/mol. The molecule has 0 aromatic carbocycles. The van der Waals surface area contributed by atoms with Crippen LogP contribution in [0.3, 0.4) is 0 Å². The van der Waals surface area contributed by atoms with E-state index < -0.39 is 0 Å². The average Bonchev–Trinajstić information content (AvgIpc) is 2.29. The Hall–Kier alpha value is -2.04. The number of hydrogen-bond donors (Lipinski definition) is 1. The van der Waals surface area contributed by atoms with E-state index in [-0.39, 0.29) is 5.82 Å². The van der Waals surface area contributed by atoms with Crippen molar-refractivity contribution in [2.24, 2.45) is 0 Å². The number of nitrogens with two attached hydrogens (primary N) is 1. The maximum absolute atomic E-state index is 12.8. The first kappa shape index (κ1) is 11.4. The largest absolute Gasteiger partial charge is 0.383 e. The molecule has 0 saturated heterocycles. The summed E-state index contributed by atoms with van der Waals surface area (Å²) < 4.78 is 12.8. The van der Waals surface area contributed by atoms with Gasteiger partial charge in [0.2, 0.25) is 0 Å². The maximum atomic E-state index is 12.8. The van der Waals surface area contributed by atoms with Crippen molar-refractivity contribution in [3.05, 3.63) is 35.4 Å². The van der Waals surface area contributed by atoms with Crippen molar-refractivity contribution in [1.29, 1.82) is 0 Å². The molecule has 17 heavy (non-hydrogen) atoms. The third-order valence-corrected chi connectivity index (χ3v) is 2.56. The Kier molecular flexibility index (Phi) is 2.99. The molecular formula is C12H13FN4. The van der Waals surface area contributed by atoms with E-state index >= 15 is 0 Å². The summed E-state index contributed by atoms with van der Waals surface area (Å²) in [4.78, 5) is 12.4. The number of pyridine rings is 1. The van der Waals surface area contributed by atoms with Crippen LogP contribution in [0.25, 0.3) is 11.5 Å². The Balaban J connectivity index is 2.50. The first-order valence-electron chi connectivity index (χ1n) is 5.36. The molecule has 88 valence electrons. The molecule has 2 rings (SSSR count). The zero-order chi connectivity index (χ0) is 12.4. The number of nitrogens with zero attached hydrogens (tertiary/aromatic N) is 3. The van der Waals surface area contributed by atoms with Crippen molar-refractivity contribution >= 4 is 5.82 Å². The van der Waals surface area contributed by atoms with E-state index in [1.807, 2.05) is 13.8 Å². The number of hydrogen-bond acceptors (Lipinski definition) is 4. The van der Waals surface area contributed by atoms with Gasteiger partial charge in [-0.25, -0.2) is 19.3 Å². The summed E-state index contributed by atoms with van der Waals surface area (Å²) in [5, 5.41) is 0. The SMILES string of the molecule is CCc1c(C)nc(-c2ccc(F)cn2)nc1N. The molecule has 5 heteroatoms. The Bertz CT molecular complexity index is 514. The summed E-state index contributed by atoms with van der Waals surface area (Å²) in [5.74, 6) is 0.502. The highest BCUT2D eigenvalue weighted by molar-refractivity contribution is 5.54. The topological polar surface area (TPSA) is 64.7 Å². The fraction of sp³-hybridized carbons (Fsp3) is 0.250. The van der Waals surface area contributed by atoms with Gasteiger partial charge in [-0.05, 0) is 25.5 Å². The van der Waals surface area contributed by atoms with Gasteiger partial charge in [0, 0.05) is 11.3 Å². The maximum Gasteiger partial charge on any atom is 0.180 e. The molecule has 0 atom stereocenters. The highest BCUT2D eigenvalue weighted by atomic mass is 19.1. The van der Waals surface area contributed by atoms with Crippen LogP contribution >= 0.6 is 0 Å². The van der Waals surface area contributed by atoms with Gasteiger partial charge in [0.25, 0.3) is 0 Å². The van der Waals surface area contributed by atoms with E-state index in [9.17, 15) is 4.39 Å². The molecule has 4 nitrogen and oxygen atoms in total. The molecule has 0 radical (unpaired) electrons. The second kappa shape index (κ2) is 4.45. The summed E-state index contributed by atoms with van der Waals surface area (Å²) in [6.45, 7) is 3.88. The third-order valence-electron chi connectivity index (χ3n) is 2.56. The lowest BCUT2D eigenvalue weighted by Crippen LogP contribution is -2.05. The van der Waals surface area contributed by atoms with Crippen LogP contribution < -0.4 is 5.73 Å². The molecule has 2 aromatic heterocycles. The predicted octanol–water partition coefficient (Wildman–Crippen LogP) is 2.13. The van der Waals surface area contributed by atoms with Gasteiger partial charge >= 0.3 is 0 Å². The predicted molar refractivity (Wildman–Crippen MR) is 63.7 cm³/mol. The molecule has 2 heterocycles. The van der Waals surface area contributed by atoms with Gasteiger partial charge in [0.1, 0.15) is 17.3 Å². The molecule has 0 bridgehead atoms. The Morgan fingerprint density at radius 1 is 1.29 bits per heavy atom. The molecule has 0 spiro atoms. The summed E-state index contributed by atoms with van der Waals surface area (Å²) in [6.07, 6.45) is 1.92. The molecule has 0 unspecified atom stereocenters. The Labute approximate surface area is 98.7 Å². The fourth-order valence-electron chi connectivity index (χ4n) is 1.68. The summed E-state index contributed by atoms with van der Waals surface area (Å²) >= 11 is 0. The van der Waals surface area contributed by atoms with Gasteiger partial charge < -0.3 is 5.73 Å². The van der Waals surface area contributed by atoms with E-state index in [2.05, 4.69) is 15.0 Å². The van der Waals surface area contributed by atoms with Gasteiger partial charge in [-0.2, -0.15) is 0 Å². The van der Waals surface area contributed by atoms with E-state index in [0.29, 0.717) is 17.3 Å². The summed E-state index contributed by atoms with van der Waals surface area (Å²) in [5.41, 5.74) is 8.14. The lowest BCUT2D eigenvalue weighted by atomic mass is 10.1. The minimum atomic E-state index is -0.386. The van der Waals surface area contributed by atoms with Crippen LogP contribution in [-0.4, -0.2) is 15.0 Å². The van der Waals surface area contributed by atoms with E-state index in [1.54, 1.807) is 0 Å². The van der Waals surface area contributed by atoms with Crippen molar-refractivity contribution in [1.82, 2.24) is 15.0 Å². The Morgan fingerprint density at radius 2 is 2.06 bits per heavy atom. The first-order chi connectivity index (χ1) is 8.11. The lowest BCUT2D eigenvalue weighted by molar-refractivity contribution is 0.621. The van der Waals surface area contributed by atoms with Crippen LogP contribution in [0.2, 0.25) is 0 Å². The number of nitrogen functional groups attached to an aromatic ring is 1. The minimum absolute atomic E-state index is 0.386. The number of aryl methyl sites for hydroxylation is 1. The highest BCUT2D eigenvalue weighted by Gasteiger charge is 2.10. The zero-order valence-corrected chi connectivity index (χ0v) is 9.74. The van der Waals surface area contributed by atoms with Crippen LogP contribution in [0, 0.1) is 12.7 Å². The quantitative estimate of drug-likeness (QED) is 0.861. The summed E-state index contributed by atoms with van der Waals surface area (Å²) in [6, 6.07) is 2.86. The number of halogens is 1. The van der Waals surface area contributed by atoms with Gasteiger partial charge in [0.15, 0.2) is 5.82 Å². The lowest BCUT2D eigenvalue weighted by Gasteiger charge is -2.08. The fourth-order valence-corrected chi connectivity index (χ4v) is 1.68. The van der Waals surface area contributed by atoms with Gasteiger partial charge in [-0.3, -0.25) is 0 Å². The Morgan fingerprint density at radius 3 is 2.59 bits per heavy atom. The van der Waals surface area contributed by atoms with Crippen molar-refractivity contribution < 1.29 is 4.39 Å². The van der Waals surface area contributed by atoms with Crippen LogP contribution in [0.15, 0.2) is 18.3 Å². The monoisotopic (exact) mass is 232 g/mol. The molecule has 0 aliphatic rings. The number of aromatic nitrogens is 3. The van der Waals surface area contributed by atoms with E-state index in [1.165, 1.54) is 12.1 Å². The summed E-state index contributed by atoms with van der Waals surface area (Å²) in [7, 11) is 0. The first-order valence-corrected chi connectivity index (χ1v) is 5.36. The minimum Gasteiger partial charge on any atom is -0.383 e. The second-order valence-corrected chi connectivity index (χ2v) is 3.71. The van der Waals surface area contributed by atoms with Crippen molar-refractivity contribution in [3.63, 3.8) is 0 Å². The van der Waals surface area contributed by atoms with E-state index in [4.69, 9.17) is 5.73 Å². The third kappa shape index (κ3) is 2.22. The van der Waals surface area contributed by atoms with Crippen LogP contribution in [0.5, 0.6) is 0 Å². The number of rotatable bonds is 2. The average molecular weight is 232 g/mol. The highest BCUT2D eigenvalue weighted by Crippen LogP contribution is 2.19. The van der Waals surface area contributed by atoms with Crippen molar-refractivity contribution in [2.75, 3.05) is 5.73 Å². The molecule has 0 fully saturated rings. The molecule has 2 aromatic rings. The van der Waals surface area contributed by atoms with Crippen LogP contribution in [-0.2, 0) is 6.42 Å². The molecule has 0 aliphatic carbocycles. The van der Waals surface area contributed by atoms with Gasteiger partial charge in [-0.1, -0.05) is 6.92 Å². The molecule has 0 amide bonds. The molecule has 0 aliphatic heterocycles. The normalized spacial score (nSPS) is 10.5. The van der Waals surface area contributed by atoms with Gasteiger partial charge in [0.05, 0.1) is 6.20 Å². The van der Waals surface area contributed by atoms with Crippen LogP contribution in [0.1, 0.15) is 18.2 Å². The molecule has 2 N–H and O–H groups in total. The van der Waals surface area contributed by atoms with E-state index in [0.717, 1.165) is 23.9 Å². The zero-order valence-electron chi connectivity index (χ0n) is 9.74. The second-order valence-electron chi connectivity index (χ2n) is 3.71. The molecule has 0 saturated carbocycles. The standard InChI is InChI=1S/C12H13FN4/c1-3-9-7(2)16-12(17-11(9)14)10-5-4-8(13)6-15-10/h4-6H,3H2,1-2H3,(H2,14,16,17).